The number of rotatable bonds is 4. The first-order valence-electron chi connectivity index (χ1n) is 6.57. The summed E-state index contributed by atoms with van der Waals surface area (Å²) in [6, 6.07) is 5.75. The smallest absolute Gasteiger partial charge is 0.246 e. The van der Waals surface area contributed by atoms with Crippen LogP contribution in [-0.2, 0) is 9.59 Å². The van der Waals surface area contributed by atoms with E-state index in [1.165, 1.54) is 0 Å². The van der Waals surface area contributed by atoms with Crippen molar-refractivity contribution in [2.45, 2.75) is 31.8 Å². The number of carbonyl (C=O) groups excluding carboxylic acids is 2. The topological polar surface area (TPSA) is 70.2 Å². The number of aryl methyl sites for hydroxylation is 1. The summed E-state index contributed by atoms with van der Waals surface area (Å²) in [5, 5.41) is 8.74. The fourth-order valence-corrected chi connectivity index (χ4v) is 2.28. The third kappa shape index (κ3) is 2.61. The van der Waals surface area contributed by atoms with E-state index in [9.17, 15) is 9.59 Å². The van der Waals surface area contributed by atoms with Gasteiger partial charge in [-0.2, -0.15) is 0 Å². The number of fused-ring (bicyclic) bond motifs is 1. The van der Waals surface area contributed by atoms with Gasteiger partial charge in [-0.1, -0.05) is 17.7 Å². The van der Waals surface area contributed by atoms with E-state index in [0.717, 1.165) is 29.7 Å². The molecule has 3 rings (SSSR count). The predicted molar refractivity (Wildman–Crippen MR) is 71.7 cm³/mol. The van der Waals surface area contributed by atoms with Gasteiger partial charge >= 0.3 is 0 Å². The van der Waals surface area contributed by atoms with Crippen molar-refractivity contribution in [1.82, 2.24) is 10.6 Å². The van der Waals surface area contributed by atoms with Gasteiger partial charge in [-0.05, 0) is 25.8 Å². The van der Waals surface area contributed by atoms with E-state index in [1.54, 1.807) is 0 Å². The number of anilines is 1. The monoisotopic (exact) mass is 259 g/mol. The molecule has 2 amide bonds. The number of hydrogen-bond acceptors (Lipinski definition) is 3. The van der Waals surface area contributed by atoms with Gasteiger partial charge in [0.15, 0.2) is 0 Å². The normalized spacial score (nSPS) is 20.9. The Labute approximate surface area is 111 Å². The van der Waals surface area contributed by atoms with Crippen molar-refractivity contribution >= 4 is 17.5 Å². The summed E-state index contributed by atoms with van der Waals surface area (Å²) in [7, 11) is 0. The van der Waals surface area contributed by atoms with E-state index < -0.39 is 6.04 Å². The maximum absolute atomic E-state index is 11.9. The van der Waals surface area contributed by atoms with Crippen LogP contribution in [0.25, 0.3) is 0 Å². The predicted octanol–water partition coefficient (Wildman–Crippen LogP) is 0.856. The lowest BCUT2D eigenvalue weighted by atomic mass is 10.1. The van der Waals surface area contributed by atoms with Crippen LogP contribution in [0.4, 0.5) is 5.69 Å². The first-order chi connectivity index (χ1) is 9.13. The van der Waals surface area contributed by atoms with Crippen LogP contribution in [0, 0.1) is 6.92 Å². The van der Waals surface area contributed by atoms with Crippen LogP contribution in [0.5, 0.6) is 0 Å². The Morgan fingerprint density at radius 1 is 1.42 bits per heavy atom. The lowest BCUT2D eigenvalue weighted by Gasteiger charge is -2.11. The molecule has 1 saturated carbocycles. The minimum Gasteiger partial charge on any atom is -0.352 e. The molecule has 1 aliphatic heterocycles. The van der Waals surface area contributed by atoms with Gasteiger partial charge in [-0.3, -0.25) is 14.9 Å². The van der Waals surface area contributed by atoms with Gasteiger partial charge in [0.25, 0.3) is 0 Å². The van der Waals surface area contributed by atoms with Crippen molar-refractivity contribution in [1.29, 1.82) is 0 Å². The van der Waals surface area contributed by atoms with E-state index >= 15 is 0 Å². The van der Waals surface area contributed by atoms with Gasteiger partial charge in [0.05, 0.1) is 6.54 Å². The van der Waals surface area contributed by atoms with Gasteiger partial charge in [0.2, 0.25) is 11.8 Å². The summed E-state index contributed by atoms with van der Waals surface area (Å²) >= 11 is 0. The van der Waals surface area contributed by atoms with Gasteiger partial charge in [0, 0.05) is 17.3 Å². The van der Waals surface area contributed by atoms with Crippen molar-refractivity contribution in [2.75, 3.05) is 11.9 Å². The van der Waals surface area contributed by atoms with Crippen molar-refractivity contribution in [3.63, 3.8) is 0 Å². The van der Waals surface area contributed by atoms with Crippen LogP contribution in [0.2, 0.25) is 0 Å². The quantitative estimate of drug-likeness (QED) is 0.751. The molecular weight excluding hydrogens is 242 g/mol. The Kier molecular flexibility index (Phi) is 2.98. The fraction of sp³-hybridized carbons (Fsp3) is 0.429. The van der Waals surface area contributed by atoms with Crippen LogP contribution in [0.1, 0.15) is 30.0 Å². The highest BCUT2D eigenvalue weighted by Gasteiger charge is 2.31. The van der Waals surface area contributed by atoms with Crippen molar-refractivity contribution < 1.29 is 9.59 Å². The molecule has 5 nitrogen and oxygen atoms in total. The number of carbonyl (C=O) groups is 2. The van der Waals surface area contributed by atoms with Crippen LogP contribution < -0.4 is 16.0 Å². The minimum absolute atomic E-state index is 0.0450. The zero-order chi connectivity index (χ0) is 13.4. The average Bonchev–Trinajstić information content (AvgIpc) is 3.11. The highest BCUT2D eigenvalue weighted by molar-refractivity contribution is 6.02. The largest absolute Gasteiger partial charge is 0.352 e. The Hall–Kier alpha value is -1.88. The van der Waals surface area contributed by atoms with E-state index in [1.807, 2.05) is 25.1 Å². The second-order valence-electron chi connectivity index (χ2n) is 5.24. The Balaban J connectivity index is 1.65. The van der Waals surface area contributed by atoms with Crippen molar-refractivity contribution in [3.05, 3.63) is 29.3 Å². The molecule has 0 spiro atoms. The van der Waals surface area contributed by atoms with Crippen molar-refractivity contribution in [3.8, 4) is 0 Å². The molecule has 1 fully saturated rings. The molecule has 0 aromatic heterocycles. The van der Waals surface area contributed by atoms with Crippen LogP contribution in [-0.4, -0.2) is 24.4 Å². The SMILES string of the molecule is Cc1ccc2c(c1)C(NCC(=O)NC1CC1)C(=O)N2. The van der Waals surface area contributed by atoms with Gasteiger partial charge < -0.3 is 10.6 Å². The van der Waals surface area contributed by atoms with E-state index in [4.69, 9.17) is 0 Å². The molecule has 1 aromatic carbocycles. The molecule has 100 valence electrons. The first kappa shape index (κ1) is 12.2. The standard InChI is InChI=1S/C14H17N3O2/c1-8-2-5-11-10(6-8)13(14(19)17-11)15-7-12(18)16-9-3-4-9/h2,5-6,9,13,15H,3-4,7H2,1H3,(H,16,18)(H,17,19). The lowest BCUT2D eigenvalue weighted by Crippen LogP contribution is -2.38. The summed E-state index contributed by atoms with van der Waals surface area (Å²) < 4.78 is 0. The number of amides is 2. The van der Waals surface area contributed by atoms with Crippen LogP contribution in [0.3, 0.4) is 0 Å². The zero-order valence-corrected chi connectivity index (χ0v) is 10.8. The molecule has 2 aliphatic rings. The molecule has 0 bridgehead atoms. The molecule has 19 heavy (non-hydrogen) atoms. The minimum atomic E-state index is -0.431. The highest BCUT2D eigenvalue weighted by atomic mass is 16.2. The zero-order valence-electron chi connectivity index (χ0n) is 10.8. The Morgan fingerprint density at radius 3 is 2.95 bits per heavy atom. The Bertz CT molecular complexity index is 537. The second-order valence-corrected chi connectivity index (χ2v) is 5.24. The average molecular weight is 259 g/mol. The summed E-state index contributed by atoms with van der Waals surface area (Å²) in [6.45, 7) is 2.15. The summed E-state index contributed by atoms with van der Waals surface area (Å²) in [5.74, 6) is -0.142. The number of hydrogen-bond donors (Lipinski definition) is 3. The molecule has 1 aromatic rings. The van der Waals surface area contributed by atoms with Crippen LogP contribution >= 0.6 is 0 Å². The van der Waals surface area contributed by atoms with Gasteiger partial charge in [0.1, 0.15) is 6.04 Å². The van der Waals surface area contributed by atoms with Gasteiger partial charge in [-0.15, -0.1) is 0 Å². The molecule has 0 radical (unpaired) electrons. The second kappa shape index (κ2) is 4.66. The van der Waals surface area contributed by atoms with E-state index in [-0.39, 0.29) is 18.4 Å². The molecule has 1 heterocycles. The van der Waals surface area contributed by atoms with E-state index in [0.29, 0.717) is 6.04 Å². The fourth-order valence-electron chi connectivity index (χ4n) is 2.28. The van der Waals surface area contributed by atoms with Gasteiger partial charge in [-0.25, -0.2) is 0 Å². The molecule has 0 saturated heterocycles. The summed E-state index contributed by atoms with van der Waals surface area (Å²) in [4.78, 5) is 23.5. The first-order valence-corrected chi connectivity index (χ1v) is 6.57. The third-order valence-corrected chi connectivity index (χ3v) is 3.45. The molecule has 3 N–H and O–H groups in total. The maximum atomic E-state index is 11.9. The summed E-state index contributed by atoms with van der Waals surface area (Å²) in [5.41, 5.74) is 2.85. The molecular formula is C14H17N3O2. The number of benzene rings is 1. The van der Waals surface area contributed by atoms with E-state index in [2.05, 4.69) is 16.0 Å². The lowest BCUT2D eigenvalue weighted by molar-refractivity contribution is -0.121. The summed E-state index contributed by atoms with van der Waals surface area (Å²) in [6.07, 6.45) is 2.13. The van der Waals surface area contributed by atoms with Crippen molar-refractivity contribution in [2.24, 2.45) is 0 Å². The molecule has 1 unspecified atom stereocenters. The van der Waals surface area contributed by atoms with Crippen LogP contribution in [0.15, 0.2) is 18.2 Å². The Morgan fingerprint density at radius 2 is 2.21 bits per heavy atom. The highest BCUT2D eigenvalue weighted by Crippen LogP contribution is 2.31. The molecule has 1 aliphatic carbocycles. The third-order valence-electron chi connectivity index (χ3n) is 3.45. The maximum Gasteiger partial charge on any atom is 0.246 e. The molecule has 1 atom stereocenters. The number of nitrogens with one attached hydrogen (secondary N) is 3. The molecule has 5 heteroatoms.